The number of fused-ring (bicyclic) bond motifs is 1. The Morgan fingerprint density at radius 2 is 1.96 bits per heavy atom. The molecule has 0 amide bonds. The van der Waals surface area contributed by atoms with Gasteiger partial charge in [0.15, 0.2) is 0 Å². The highest BCUT2D eigenvalue weighted by molar-refractivity contribution is 6.59. The van der Waals surface area contributed by atoms with Gasteiger partial charge in [-0.2, -0.15) is 10.2 Å². The standard InChI is InChI=1S/C18H15BN4O3/c1-10-6-14(18-21-4-5-26-18)13(8-15(10)19(24)25)11-2-3-12-16(20)9-22-23-17(12)7-11/h2-9,24-25H,1H3,(H2,20,23). The summed E-state index contributed by atoms with van der Waals surface area (Å²) < 4.78 is 5.46. The molecule has 8 heteroatoms. The fourth-order valence-electron chi connectivity index (χ4n) is 3.02. The van der Waals surface area contributed by atoms with Gasteiger partial charge in [0.2, 0.25) is 5.89 Å². The maximum atomic E-state index is 9.68. The van der Waals surface area contributed by atoms with E-state index in [9.17, 15) is 10.0 Å². The maximum absolute atomic E-state index is 9.68. The third-order valence-corrected chi connectivity index (χ3v) is 4.33. The molecular weight excluding hydrogens is 331 g/mol. The van der Waals surface area contributed by atoms with E-state index in [1.54, 1.807) is 19.2 Å². The van der Waals surface area contributed by atoms with Crippen LogP contribution in [0.1, 0.15) is 5.56 Å². The molecule has 0 unspecified atom stereocenters. The topological polar surface area (TPSA) is 118 Å². The van der Waals surface area contributed by atoms with Gasteiger partial charge in [0.25, 0.3) is 0 Å². The fraction of sp³-hybridized carbons (Fsp3) is 0.0556. The summed E-state index contributed by atoms with van der Waals surface area (Å²) in [6.45, 7) is 1.80. The molecule has 4 rings (SSSR count). The van der Waals surface area contributed by atoms with Crippen molar-refractivity contribution in [3.8, 4) is 22.6 Å². The predicted molar refractivity (Wildman–Crippen MR) is 99.4 cm³/mol. The Morgan fingerprint density at radius 3 is 2.69 bits per heavy atom. The number of nitrogens with two attached hydrogens (primary N) is 1. The van der Waals surface area contributed by atoms with Crippen LogP contribution in [0.3, 0.4) is 0 Å². The molecule has 0 atom stereocenters. The Hall–Kier alpha value is -3.23. The molecule has 0 aliphatic carbocycles. The SMILES string of the molecule is Cc1cc(-c2ncco2)c(-c2ccc3c(N)cnnc3c2)cc1B(O)O. The van der Waals surface area contributed by atoms with Gasteiger partial charge >= 0.3 is 7.12 Å². The summed E-state index contributed by atoms with van der Waals surface area (Å²) in [4.78, 5) is 4.23. The van der Waals surface area contributed by atoms with Crippen molar-refractivity contribution in [2.24, 2.45) is 0 Å². The van der Waals surface area contributed by atoms with Crippen LogP contribution in [0.2, 0.25) is 0 Å². The number of benzene rings is 2. The summed E-state index contributed by atoms with van der Waals surface area (Å²) in [5.74, 6) is 0.445. The van der Waals surface area contributed by atoms with Crippen molar-refractivity contribution in [2.75, 3.05) is 5.73 Å². The second-order valence-electron chi connectivity index (χ2n) is 6.00. The molecule has 0 spiro atoms. The molecule has 0 bridgehead atoms. The summed E-state index contributed by atoms with van der Waals surface area (Å²) in [5, 5.41) is 28.2. The van der Waals surface area contributed by atoms with E-state index in [0.717, 1.165) is 27.6 Å². The minimum Gasteiger partial charge on any atom is -0.445 e. The number of nitrogens with zero attached hydrogens (tertiary/aromatic N) is 3. The van der Waals surface area contributed by atoms with E-state index in [-0.39, 0.29) is 0 Å². The summed E-state index contributed by atoms with van der Waals surface area (Å²) in [7, 11) is -1.58. The molecule has 2 heterocycles. The number of aryl methyl sites for hydroxylation is 1. The lowest BCUT2D eigenvalue weighted by Crippen LogP contribution is -2.32. The van der Waals surface area contributed by atoms with E-state index in [1.165, 1.54) is 12.5 Å². The number of hydrogen-bond acceptors (Lipinski definition) is 7. The summed E-state index contributed by atoms with van der Waals surface area (Å²) in [6.07, 6.45) is 4.57. The van der Waals surface area contributed by atoms with Crippen molar-refractivity contribution in [3.05, 3.63) is 54.6 Å². The van der Waals surface area contributed by atoms with Gasteiger partial charge in [-0.3, -0.25) is 0 Å². The first-order valence-corrected chi connectivity index (χ1v) is 7.96. The third kappa shape index (κ3) is 2.71. The molecule has 0 fully saturated rings. The van der Waals surface area contributed by atoms with E-state index >= 15 is 0 Å². The van der Waals surface area contributed by atoms with Crippen LogP contribution in [-0.2, 0) is 0 Å². The largest absolute Gasteiger partial charge is 0.488 e. The molecule has 2 aromatic heterocycles. The third-order valence-electron chi connectivity index (χ3n) is 4.33. The van der Waals surface area contributed by atoms with E-state index in [1.807, 2.05) is 24.3 Å². The van der Waals surface area contributed by atoms with Crippen molar-refractivity contribution in [1.29, 1.82) is 0 Å². The Morgan fingerprint density at radius 1 is 1.12 bits per heavy atom. The number of aromatic nitrogens is 3. The molecule has 7 nitrogen and oxygen atoms in total. The van der Waals surface area contributed by atoms with Gasteiger partial charge in [-0.15, -0.1) is 0 Å². The van der Waals surface area contributed by atoms with Crippen molar-refractivity contribution >= 4 is 29.2 Å². The monoisotopic (exact) mass is 346 g/mol. The lowest BCUT2D eigenvalue weighted by atomic mass is 9.75. The molecule has 4 aromatic rings. The second-order valence-corrected chi connectivity index (χ2v) is 6.00. The van der Waals surface area contributed by atoms with E-state index in [0.29, 0.717) is 22.6 Å². The summed E-state index contributed by atoms with van der Waals surface area (Å²) in [5.41, 5.74) is 10.6. The number of rotatable bonds is 3. The minimum absolute atomic E-state index is 0.411. The van der Waals surface area contributed by atoms with Crippen molar-refractivity contribution in [3.63, 3.8) is 0 Å². The highest BCUT2D eigenvalue weighted by Crippen LogP contribution is 2.33. The zero-order valence-electron chi connectivity index (χ0n) is 13.9. The molecule has 0 radical (unpaired) electrons. The average Bonchev–Trinajstić information content (AvgIpc) is 3.15. The summed E-state index contributed by atoms with van der Waals surface area (Å²) >= 11 is 0. The van der Waals surface area contributed by atoms with Crippen LogP contribution in [0.5, 0.6) is 0 Å². The van der Waals surface area contributed by atoms with Crippen LogP contribution >= 0.6 is 0 Å². The van der Waals surface area contributed by atoms with Gasteiger partial charge in [-0.1, -0.05) is 17.7 Å². The van der Waals surface area contributed by atoms with Gasteiger partial charge in [0.05, 0.1) is 23.6 Å². The highest BCUT2D eigenvalue weighted by atomic mass is 16.4. The van der Waals surface area contributed by atoms with Gasteiger partial charge in [0.1, 0.15) is 6.26 Å². The van der Waals surface area contributed by atoms with Gasteiger partial charge in [0, 0.05) is 10.9 Å². The zero-order chi connectivity index (χ0) is 18.3. The second kappa shape index (κ2) is 6.25. The van der Waals surface area contributed by atoms with Crippen LogP contribution in [0.15, 0.2) is 53.4 Å². The Labute approximate surface area is 149 Å². The molecular formula is C18H15BN4O3. The quantitative estimate of drug-likeness (QED) is 0.481. The van der Waals surface area contributed by atoms with Gasteiger partial charge < -0.3 is 20.2 Å². The van der Waals surface area contributed by atoms with Crippen molar-refractivity contribution < 1.29 is 14.5 Å². The van der Waals surface area contributed by atoms with Crippen LogP contribution in [-0.4, -0.2) is 32.3 Å². The first-order chi connectivity index (χ1) is 12.5. The summed E-state index contributed by atoms with van der Waals surface area (Å²) in [6, 6.07) is 9.16. The number of hydrogen-bond donors (Lipinski definition) is 3. The highest BCUT2D eigenvalue weighted by Gasteiger charge is 2.20. The lowest BCUT2D eigenvalue weighted by Gasteiger charge is -2.13. The smallest absolute Gasteiger partial charge is 0.445 e. The van der Waals surface area contributed by atoms with Crippen LogP contribution in [0.25, 0.3) is 33.5 Å². The van der Waals surface area contributed by atoms with Gasteiger partial charge in [-0.05, 0) is 41.7 Å². The van der Waals surface area contributed by atoms with Crippen molar-refractivity contribution in [2.45, 2.75) is 6.92 Å². The van der Waals surface area contributed by atoms with E-state index in [2.05, 4.69) is 15.2 Å². The Bertz CT molecular complexity index is 1100. The van der Waals surface area contributed by atoms with Crippen LogP contribution in [0, 0.1) is 6.92 Å². The number of nitrogen functional groups attached to an aromatic ring is 1. The van der Waals surface area contributed by atoms with Gasteiger partial charge in [-0.25, -0.2) is 4.98 Å². The molecule has 2 aromatic carbocycles. The molecule has 26 heavy (non-hydrogen) atoms. The molecule has 0 saturated carbocycles. The average molecular weight is 346 g/mol. The van der Waals surface area contributed by atoms with Crippen LogP contribution < -0.4 is 11.2 Å². The predicted octanol–water partition coefficient (Wildman–Crippen LogP) is 1.52. The molecule has 0 aliphatic rings. The van der Waals surface area contributed by atoms with Crippen molar-refractivity contribution in [1.82, 2.24) is 15.2 Å². The minimum atomic E-state index is -1.58. The van der Waals surface area contributed by atoms with Crippen LogP contribution in [0.4, 0.5) is 5.69 Å². The number of anilines is 1. The van der Waals surface area contributed by atoms with E-state index in [4.69, 9.17) is 10.2 Å². The van der Waals surface area contributed by atoms with E-state index < -0.39 is 7.12 Å². The number of oxazole rings is 1. The zero-order valence-corrected chi connectivity index (χ0v) is 13.9. The lowest BCUT2D eigenvalue weighted by molar-refractivity contribution is 0.425. The maximum Gasteiger partial charge on any atom is 0.488 e. The molecule has 128 valence electrons. The Kier molecular flexibility index (Phi) is 3.91. The first kappa shape index (κ1) is 16.3. The molecule has 4 N–H and O–H groups in total. The first-order valence-electron chi connectivity index (χ1n) is 7.96. The molecule has 0 saturated heterocycles. The Balaban J connectivity index is 1.99. The molecule has 0 aliphatic heterocycles. The fourth-order valence-corrected chi connectivity index (χ4v) is 3.02. The normalized spacial score (nSPS) is 11.0.